The number of carbonyl (C=O) groups is 1. The number of H-pyrrole nitrogens is 1. The SMILES string of the molecule is COC(=O)c1nc(CC(c2ccccc2)c2ccccc2)[nH]c(=O)c1O. The van der Waals surface area contributed by atoms with Gasteiger partial charge in [0.25, 0.3) is 5.56 Å². The molecule has 2 aromatic carbocycles. The summed E-state index contributed by atoms with van der Waals surface area (Å²) >= 11 is 0. The molecule has 26 heavy (non-hydrogen) atoms. The molecule has 0 aliphatic rings. The van der Waals surface area contributed by atoms with E-state index < -0.39 is 17.3 Å². The molecule has 1 heterocycles. The Bertz CT molecular complexity index is 913. The van der Waals surface area contributed by atoms with Gasteiger partial charge in [-0.05, 0) is 11.1 Å². The number of aromatic amines is 1. The lowest BCUT2D eigenvalue weighted by atomic mass is 9.88. The number of nitrogens with one attached hydrogen (secondary N) is 1. The van der Waals surface area contributed by atoms with Crippen LogP contribution in [0.2, 0.25) is 0 Å². The molecule has 0 aliphatic heterocycles. The number of hydrogen-bond donors (Lipinski definition) is 2. The van der Waals surface area contributed by atoms with Gasteiger partial charge in [0, 0.05) is 12.3 Å². The Labute approximate surface area is 150 Å². The van der Waals surface area contributed by atoms with Crippen LogP contribution in [0.4, 0.5) is 0 Å². The van der Waals surface area contributed by atoms with E-state index in [-0.39, 0.29) is 11.6 Å². The molecule has 0 unspecified atom stereocenters. The monoisotopic (exact) mass is 350 g/mol. The summed E-state index contributed by atoms with van der Waals surface area (Å²) in [5.41, 5.74) is 0.949. The molecule has 3 rings (SSSR count). The smallest absolute Gasteiger partial charge is 0.360 e. The molecule has 0 saturated carbocycles. The summed E-state index contributed by atoms with van der Waals surface area (Å²) in [5, 5.41) is 9.78. The van der Waals surface area contributed by atoms with E-state index in [1.54, 1.807) is 0 Å². The van der Waals surface area contributed by atoms with Crippen LogP contribution in [0.5, 0.6) is 5.75 Å². The highest BCUT2D eigenvalue weighted by Crippen LogP contribution is 2.27. The quantitative estimate of drug-likeness (QED) is 0.690. The molecule has 1 aromatic heterocycles. The third-order valence-electron chi connectivity index (χ3n) is 4.12. The van der Waals surface area contributed by atoms with Gasteiger partial charge in [-0.3, -0.25) is 4.79 Å². The molecule has 0 saturated heterocycles. The molecule has 6 heteroatoms. The van der Waals surface area contributed by atoms with E-state index in [1.165, 1.54) is 7.11 Å². The maximum Gasteiger partial charge on any atom is 0.360 e. The molecule has 0 radical (unpaired) electrons. The third-order valence-corrected chi connectivity index (χ3v) is 4.12. The number of rotatable bonds is 5. The summed E-state index contributed by atoms with van der Waals surface area (Å²) in [6.07, 6.45) is 0.355. The fourth-order valence-electron chi connectivity index (χ4n) is 2.84. The molecule has 0 spiro atoms. The van der Waals surface area contributed by atoms with Crippen molar-refractivity contribution in [2.75, 3.05) is 7.11 Å². The predicted molar refractivity (Wildman–Crippen MR) is 96.3 cm³/mol. The average Bonchev–Trinajstić information content (AvgIpc) is 2.69. The molecule has 0 aliphatic carbocycles. The summed E-state index contributed by atoms with van der Waals surface area (Å²) < 4.78 is 4.59. The van der Waals surface area contributed by atoms with Crippen molar-refractivity contribution in [2.24, 2.45) is 0 Å². The van der Waals surface area contributed by atoms with Crippen LogP contribution >= 0.6 is 0 Å². The number of aromatic nitrogens is 2. The first-order chi connectivity index (χ1) is 12.6. The van der Waals surface area contributed by atoms with Crippen molar-refractivity contribution in [2.45, 2.75) is 12.3 Å². The first-order valence-electron chi connectivity index (χ1n) is 8.10. The minimum absolute atomic E-state index is 0.0735. The van der Waals surface area contributed by atoms with Gasteiger partial charge in [0.05, 0.1) is 7.11 Å². The molecule has 3 aromatic rings. The van der Waals surface area contributed by atoms with E-state index >= 15 is 0 Å². The fraction of sp³-hybridized carbons (Fsp3) is 0.150. The summed E-state index contributed by atoms with van der Waals surface area (Å²) in [6, 6.07) is 19.6. The zero-order chi connectivity index (χ0) is 18.5. The Kier molecular flexibility index (Phi) is 5.12. The van der Waals surface area contributed by atoms with Crippen molar-refractivity contribution in [1.29, 1.82) is 0 Å². The summed E-state index contributed by atoms with van der Waals surface area (Å²) in [6.45, 7) is 0. The topological polar surface area (TPSA) is 92.3 Å². The Morgan fingerprint density at radius 2 is 1.62 bits per heavy atom. The lowest BCUT2D eigenvalue weighted by Crippen LogP contribution is -2.19. The number of ether oxygens (including phenoxy) is 1. The number of hydrogen-bond acceptors (Lipinski definition) is 5. The van der Waals surface area contributed by atoms with Crippen molar-refractivity contribution in [3.05, 3.63) is 93.7 Å². The van der Waals surface area contributed by atoms with Gasteiger partial charge >= 0.3 is 5.97 Å². The second-order valence-corrected chi connectivity index (χ2v) is 5.78. The lowest BCUT2D eigenvalue weighted by molar-refractivity contribution is 0.0589. The maximum atomic E-state index is 12.0. The van der Waals surface area contributed by atoms with Crippen LogP contribution in [0.3, 0.4) is 0 Å². The first kappa shape index (κ1) is 17.4. The summed E-state index contributed by atoms with van der Waals surface area (Å²) in [7, 11) is 1.17. The van der Waals surface area contributed by atoms with Gasteiger partial charge in [0.2, 0.25) is 5.75 Å². The van der Waals surface area contributed by atoms with Crippen molar-refractivity contribution in [3.63, 3.8) is 0 Å². The minimum Gasteiger partial charge on any atom is -0.501 e. The molecular weight excluding hydrogens is 332 g/mol. The normalized spacial score (nSPS) is 10.7. The number of methoxy groups -OCH3 is 1. The molecule has 0 atom stereocenters. The molecule has 132 valence electrons. The second kappa shape index (κ2) is 7.65. The molecule has 0 bridgehead atoms. The molecule has 0 fully saturated rings. The van der Waals surface area contributed by atoms with Crippen LogP contribution in [0, 0.1) is 0 Å². The van der Waals surface area contributed by atoms with Gasteiger partial charge in [0.1, 0.15) is 5.82 Å². The van der Waals surface area contributed by atoms with Gasteiger partial charge in [-0.1, -0.05) is 60.7 Å². The van der Waals surface area contributed by atoms with Gasteiger partial charge in [-0.15, -0.1) is 0 Å². The first-order valence-corrected chi connectivity index (χ1v) is 8.10. The number of benzene rings is 2. The largest absolute Gasteiger partial charge is 0.501 e. The van der Waals surface area contributed by atoms with E-state index in [0.717, 1.165) is 11.1 Å². The Hall–Kier alpha value is -3.41. The fourth-order valence-corrected chi connectivity index (χ4v) is 2.84. The predicted octanol–water partition coefficient (Wildman–Crippen LogP) is 2.64. The van der Waals surface area contributed by atoms with Crippen molar-refractivity contribution in [1.82, 2.24) is 9.97 Å². The third kappa shape index (κ3) is 3.64. The van der Waals surface area contributed by atoms with E-state index in [1.807, 2.05) is 60.7 Å². The molecule has 2 N–H and O–H groups in total. The highest BCUT2D eigenvalue weighted by molar-refractivity contribution is 5.89. The second-order valence-electron chi connectivity index (χ2n) is 5.78. The van der Waals surface area contributed by atoms with E-state index in [0.29, 0.717) is 12.2 Å². The van der Waals surface area contributed by atoms with E-state index in [2.05, 4.69) is 14.7 Å². The Morgan fingerprint density at radius 3 is 2.12 bits per heavy atom. The van der Waals surface area contributed by atoms with Crippen molar-refractivity contribution in [3.8, 4) is 5.75 Å². The van der Waals surface area contributed by atoms with Crippen LogP contribution in [-0.4, -0.2) is 28.2 Å². The zero-order valence-electron chi connectivity index (χ0n) is 14.2. The van der Waals surface area contributed by atoms with Gasteiger partial charge in [-0.25, -0.2) is 9.78 Å². The van der Waals surface area contributed by atoms with Crippen LogP contribution in [-0.2, 0) is 11.2 Å². The Morgan fingerprint density at radius 1 is 1.08 bits per heavy atom. The highest BCUT2D eigenvalue weighted by Gasteiger charge is 2.21. The summed E-state index contributed by atoms with van der Waals surface area (Å²) in [5.74, 6) is -1.37. The van der Waals surface area contributed by atoms with Crippen molar-refractivity contribution >= 4 is 5.97 Å². The van der Waals surface area contributed by atoms with Crippen LogP contribution in [0.25, 0.3) is 0 Å². The minimum atomic E-state index is -0.856. The highest BCUT2D eigenvalue weighted by atomic mass is 16.5. The van der Waals surface area contributed by atoms with E-state index in [4.69, 9.17) is 0 Å². The molecule has 6 nitrogen and oxygen atoms in total. The Balaban J connectivity index is 2.04. The maximum absolute atomic E-state index is 12.0. The number of aromatic hydroxyl groups is 1. The number of nitrogens with zero attached hydrogens (tertiary/aromatic N) is 1. The average molecular weight is 350 g/mol. The molecule has 0 amide bonds. The zero-order valence-corrected chi connectivity index (χ0v) is 14.2. The number of carbonyl (C=O) groups excluding carboxylic acids is 1. The van der Waals surface area contributed by atoms with Crippen molar-refractivity contribution < 1.29 is 14.6 Å². The van der Waals surface area contributed by atoms with Crippen LogP contribution in [0.15, 0.2) is 65.5 Å². The van der Waals surface area contributed by atoms with Gasteiger partial charge in [0.15, 0.2) is 5.69 Å². The summed E-state index contributed by atoms with van der Waals surface area (Å²) in [4.78, 5) is 30.4. The lowest BCUT2D eigenvalue weighted by Gasteiger charge is -2.18. The number of esters is 1. The van der Waals surface area contributed by atoms with Gasteiger partial charge in [-0.2, -0.15) is 0 Å². The van der Waals surface area contributed by atoms with Gasteiger partial charge < -0.3 is 14.8 Å². The molecular formula is C20H18N2O4. The van der Waals surface area contributed by atoms with Crippen LogP contribution in [0.1, 0.15) is 33.4 Å². The van der Waals surface area contributed by atoms with Crippen LogP contribution < -0.4 is 5.56 Å². The van der Waals surface area contributed by atoms with E-state index in [9.17, 15) is 14.7 Å². The standard InChI is InChI=1S/C20H18N2O4/c1-26-20(25)17-18(23)19(24)22-16(21-17)12-15(13-8-4-2-5-9-13)14-10-6-3-7-11-14/h2-11,15,23H,12H2,1H3,(H,21,22,24).